The lowest BCUT2D eigenvalue weighted by atomic mass is 10.1. The van der Waals surface area contributed by atoms with Gasteiger partial charge in [0.05, 0.1) is 12.4 Å². The summed E-state index contributed by atoms with van der Waals surface area (Å²) in [6.07, 6.45) is 2.83. The van der Waals surface area contributed by atoms with Crippen LogP contribution in [0.5, 0.6) is 11.6 Å². The van der Waals surface area contributed by atoms with Gasteiger partial charge in [-0.1, -0.05) is 48.5 Å². The van der Waals surface area contributed by atoms with Crippen molar-refractivity contribution in [3.63, 3.8) is 0 Å². The van der Waals surface area contributed by atoms with Crippen molar-refractivity contribution in [1.29, 1.82) is 5.26 Å². The molecule has 0 N–H and O–H groups in total. The summed E-state index contributed by atoms with van der Waals surface area (Å²) in [4.78, 5) is 8.02. The highest BCUT2D eigenvalue weighted by Gasteiger charge is 2.07. The van der Waals surface area contributed by atoms with E-state index >= 15 is 0 Å². The van der Waals surface area contributed by atoms with Crippen LogP contribution in [0.4, 0.5) is 0 Å². The first-order chi connectivity index (χ1) is 10.4. The topological polar surface area (TPSA) is 58.8 Å². The Bertz CT molecular complexity index is 777. The van der Waals surface area contributed by atoms with Crippen molar-refractivity contribution in [3.05, 3.63) is 72.7 Å². The van der Waals surface area contributed by atoms with Gasteiger partial charge in [-0.15, -0.1) is 0 Å². The van der Waals surface area contributed by atoms with Crippen LogP contribution >= 0.6 is 0 Å². The average molecular weight is 273 g/mol. The highest BCUT2D eigenvalue weighted by atomic mass is 16.5. The number of benzene rings is 2. The van der Waals surface area contributed by atoms with E-state index in [2.05, 4.69) is 9.97 Å². The minimum Gasteiger partial charge on any atom is -0.437 e. The Labute approximate surface area is 122 Å². The van der Waals surface area contributed by atoms with Crippen LogP contribution in [0, 0.1) is 11.3 Å². The zero-order valence-corrected chi connectivity index (χ0v) is 11.1. The second-order valence-electron chi connectivity index (χ2n) is 4.32. The summed E-state index contributed by atoms with van der Waals surface area (Å²) in [5.74, 6) is 1.06. The number of hydrogen-bond acceptors (Lipinski definition) is 4. The van der Waals surface area contributed by atoms with Crippen molar-refractivity contribution in [1.82, 2.24) is 9.97 Å². The highest BCUT2D eigenvalue weighted by Crippen LogP contribution is 2.32. The molecule has 0 aliphatic carbocycles. The molecular weight excluding hydrogens is 262 g/mol. The Morgan fingerprint density at radius 2 is 1.62 bits per heavy atom. The predicted molar refractivity (Wildman–Crippen MR) is 78.7 cm³/mol. The lowest BCUT2D eigenvalue weighted by Crippen LogP contribution is -1.92. The molecule has 0 amide bonds. The normalized spacial score (nSPS) is 9.86. The predicted octanol–water partition coefficient (Wildman–Crippen LogP) is 3.81. The van der Waals surface area contributed by atoms with Gasteiger partial charge in [0.2, 0.25) is 5.88 Å². The number of rotatable bonds is 3. The third-order valence-corrected chi connectivity index (χ3v) is 2.93. The third-order valence-electron chi connectivity index (χ3n) is 2.93. The van der Waals surface area contributed by atoms with E-state index in [1.54, 1.807) is 0 Å². The third kappa shape index (κ3) is 2.88. The maximum absolute atomic E-state index is 8.72. The van der Waals surface area contributed by atoms with E-state index in [1.165, 1.54) is 12.4 Å². The molecule has 3 aromatic rings. The Morgan fingerprint density at radius 3 is 2.33 bits per heavy atom. The fourth-order valence-corrected chi connectivity index (χ4v) is 1.95. The molecule has 0 aliphatic heterocycles. The molecule has 4 heteroatoms. The fourth-order valence-electron chi connectivity index (χ4n) is 1.95. The molecule has 4 nitrogen and oxygen atoms in total. The van der Waals surface area contributed by atoms with E-state index in [-0.39, 0.29) is 5.69 Å². The fraction of sp³-hybridized carbons (Fsp3) is 0. The largest absolute Gasteiger partial charge is 0.437 e. The molecule has 3 rings (SSSR count). The molecule has 1 aromatic heterocycles. The van der Waals surface area contributed by atoms with E-state index in [0.717, 1.165) is 11.1 Å². The van der Waals surface area contributed by atoms with Crippen LogP contribution in [0.3, 0.4) is 0 Å². The first kappa shape index (κ1) is 12.8. The molecular formula is C17H11N3O. The number of ether oxygens (including phenoxy) is 1. The number of nitriles is 1. The standard InChI is InChI=1S/C17H11N3O/c18-10-14-11-20-17(12-19-14)21-16-9-5-4-8-15(16)13-6-2-1-3-7-13/h1-9,11-12H. The van der Waals surface area contributed by atoms with Crippen LogP contribution in [-0.2, 0) is 0 Å². The first-order valence-electron chi connectivity index (χ1n) is 6.41. The van der Waals surface area contributed by atoms with Crippen LogP contribution in [0.1, 0.15) is 5.69 Å². The quantitative estimate of drug-likeness (QED) is 0.728. The van der Waals surface area contributed by atoms with Gasteiger partial charge in [-0.25, -0.2) is 9.97 Å². The smallest absolute Gasteiger partial charge is 0.237 e. The maximum atomic E-state index is 8.72. The Kier molecular flexibility index (Phi) is 3.57. The monoisotopic (exact) mass is 273 g/mol. The average Bonchev–Trinajstić information content (AvgIpc) is 2.57. The molecule has 0 spiro atoms. The van der Waals surface area contributed by atoms with Gasteiger partial charge < -0.3 is 4.74 Å². The highest BCUT2D eigenvalue weighted by molar-refractivity contribution is 5.70. The van der Waals surface area contributed by atoms with Crippen LogP contribution in [0.15, 0.2) is 67.0 Å². The Balaban J connectivity index is 1.94. The number of aromatic nitrogens is 2. The Hall–Kier alpha value is -3.19. The zero-order valence-electron chi connectivity index (χ0n) is 11.1. The van der Waals surface area contributed by atoms with E-state index in [9.17, 15) is 0 Å². The second-order valence-corrected chi connectivity index (χ2v) is 4.32. The van der Waals surface area contributed by atoms with Crippen molar-refractivity contribution in [2.75, 3.05) is 0 Å². The minimum absolute atomic E-state index is 0.263. The van der Waals surface area contributed by atoms with Gasteiger partial charge in [-0.2, -0.15) is 5.26 Å². The van der Waals surface area contributed by atoms with Gasteiger partial charge in [0.1, 0.15) is 11.8 Å². The summed E-state index contributed by atoms with van der Waals surface area (Å²) < 4.78 is 5.78. The van der Waals surface area contributed by atoms with Crippen LogP contribution < -0.4 is 4.74 Å². The maximum Gasteiger partial charge on any atom is 0.237 e. The molecule has 0 saturated carbocycles. The summed E-state index contributed by atoms with van der Waals surface area (Å²) >= 11 is 0. The molecule has 0 fully saturated rings. The summed E-state index contributed by atoms with van der Waals surface area (Å²) in [7, 11) is 0. The van der Waals surface area contributed by atoms with Gasteiger partial charge in [0.15, 0.2) is 5.69 Å². The van der Waals surface area contributed by atoms with E-state index < -0.39 is 0 Å². The molecule has 21 heavy (non-hydrogen) atoms. The summed E-state index contributed by atoms with van der Waals surface area (Å²) in [6.45, 7) is 0. The SMILES string of the molecule is N#Cc1cnc(Oc2ccccc2-c2ccccc2)cn1. The van der Waals surface area contributed by atoms with E-state index in [4.69, 9.17) is 10.00 Å². The molecule has 0 atom stereocenters. The lowest BCUT2D eigenvalue weighted by Gasteiger charge is -2.10. The first-order valence-corrected chi connectivity index (χ1v) is 6.41. The van der Waals surface area contributed by atoms with Gasteiger partial charge in [0, 0.05) is 5.56 Å². The zero-order chi connectivity index (χ0) is 14.5. The van der Waals surface area contributed by atoms with E-state index in [1.807, 2.05) is 60.7 Å². The van der Waals surface area contributed by atoms with Crippen LogP contribution in [-0.4, -0.2) is 9.97 Å². The molecule has 2 aromatic carbocycles. The molecule has 100 valence electrons. The van der Waals surface area contributed by atoms with E-state index in [0.29, 0.717) is 11.6 Å². The second kappa shape index (κ2) is 5.85. The van der Waals surface area contributed by atoms with Gasteiger partial charge in [0.25, 0.3) is 0 Å². The molecule has 0 aliphatic rings. The van der Waals surface area contributed by atoms with Crippen molar-refractivity contribution < 1.29 is 4.74 Å². The van der Waals surface area contributed by atoms with Crippen LogP contribution in [0.25, 0.3) is 11.1 Å². The summed E-state index contributed by atoms with van der Waals surface area (Å²) in [5.41, 5.74) is 2.30. The van der Waals surface area contributed by atoms with Crippen molar-refractivity contribution in [2.24, 2.45) is 0 Å². The van der Waals surface area contributed by atoms with Gasteiger partial charge >= 0.3 is 0 Å². The van der Waals surface area contributed by atoms with Crippen LogP contribution in [0.2, 0.25) is 0 Å². The minimum atomic E-state index is 0.263. The summed E-state index contributed by atoms with van der Waals surface area (Å²) in [6, 6.07) is 19.6. The number of hydrogen-bond donors (Lipinski definition) is 0. The number of nitrogens with zero attached hydrogens (tertiary/aromatic N) is 3. The molecule has 0 saturated heterocycles. The molecule has 1 heterocycles. The molecule has 0 unspecified atom stereocenters. The molecule has 0 radical (unpaired) electrons. The van der Waals surface area contributed by atoms with Crippen molar-refractivity contribution in [3.8, 4) is 28.8 Å². The lowest BCUT2D eigenvalue weighted by molar-refractivity contribution is 0.461. The molecule has 0 bridgehead atoms. The van der Waals surface area contributed by atoms with Crippen molar-refractivity contribution in [2.45, 2.75) is 0 Å². The van der Waals surface area contributed by atoms with Gasteiger partial charge in [-0.3, -0.25) is 0 Å². The number of para-hydroxylation sites is 1. The van der Waals surface area contributed by atoms with Crippen molar-refractivity contribution >= 4 is 0 Å². The van der Waals surface area contributed by atoms with Gasteiger partial charge in [-0.05, 0) is 11.6 Å². The Morgan fingerprint density at radius 1 is 0.857 bits per heavy atom. The summed E-state index contributed by atoms with van der Waals surface area (Å²) in [5, 5.41) is 8.72.